The number of ketones is 1. The van der Waals surface area contributed by atoms with Crippen molar-refractivity contribution in [2.45, 2.75) is 13.3 Å². The molecule has 1 aromatic carbocycles. The molecule has 0 aliphatic rings. The van der Waals surface area contributed by atoms with Gasteiger partial charge in [-0.3, -0.25) is 4.79 Å². The van der Waals surface area contributed by atoms with E-state index in [0.717, 1.165) is 0 Å². The molecule has 1 rings (SSSR count). The van der Waals surface area contributed by atoms with E-state index in [-0.39, 0.29) is 17.8 Å². The Morgan fingerprint density at radius 2 is 2.25 bits per heavy atom. The number of allylic oxidation sites excluding steroid dienone is 2. The van der Waals surface area contributed by atoms with E-state index in [9.17, 15) is 4.79 Å². The topological polar surface area (TPSA) is 61.1 Å². The summed E-state index contributed by atoms with van der Waals surface area (Å²) in [5.41, 5.74) is 0.506. The quantitative estimate of drug-likeness (QED) is 0.498. The van der Waals surface area contributed by atoms with Gasteiger partial charge in [-0.05, 0) is 24.6 Å². The molecule has 4 heteroatoms. The molecule has 0 atom stereocenters. The third kappa shape index (κ3) is 3.11. The van der Waals surface area contributed by atoms with Gasteiger partial charge in [0.2, 0.25) is 0 Å². The van der Waals surface area contributed by atoms with Crippen molar-refractivity contribution in [2.24, 2.45) is 0 Å². The molecule has 0 saturated heterocycles. The van der Waals surface area contributed by atoms with Gasteiger partial charge in [0.1, 0.15) is 17.4 Å². The summed E-state index contributed by atoms with van der Waals surface area (Å²) in [6.07, 6.45) is 0.0569. The van der Waals surface area contributed by atoms with E-state index in [1.807, 2.05) is 0 Å². The number of Topliss-reactive ketones (excluding diaryl/α,β-unsaturated/α-hetero) is 1. The number of hydrogen-bond donors (Lipinski definition) is 1. The molecule has 82 valence electrons. The summed E-state index contributed by atoms with van der Waals surface area (Å²) in [6, 6.07) is 8.51. The number of aliphatic hydroxyl groups excluding tert-OH is 1. The Morgan fingerprint density at radius 1 is 1.56 bits per heavy atom. The molecule has 0 fully saturated rings. The fourth-order valence-corrected chi connectivity index (χ4v) is 1.48. The molecule has 0 saturated carbocycles. The van der Waals surface area contributed by atoms with E-state index in [2.05, 4.69) is 0 Å². The highest BCUT2D eigenvalue weighted by atomic mass is 35.5. The number of nitrogens with zero attached hydrogens (tertiary/aromatic N) is 1. The van der Waals surface area contributed by atoms with Crippen LogP contribution in [0.3, 0.4) is 0 Å². The molecule has 0 aliphatic carbocycles. The number of carbonyl (C=O) groups is 1. The minimum absolute atomic E-state index is 0.0569. The molecule has 0 heterocycles. The minimum Gasteiger partial charge on any atom is -0.511 e. The second kappa shape index (κ2) is 5.34. The summed E-state index contributed by atoms with van der Waals surface area (Å²) in [5, 5.41) is 18.3. The Morgan fingerprint density at radius 3 is 2.75 bits per heavy atom. The molecule has 1 N–H and O–H groups in total. The van der Waals surface area contributed by atoms with Crippen molar-refractivity contribution in [3.8, 4) is 6.07 Å². The van der Waals surface area contributed by atoms with Gasteiger partial charge in [-0.15, -0.1) is 0 Å². The number of halogens is 1. The van der Waals surface area contributed by atoms with Crippen molar-refractivity contribution in [1.29, 1.82) is 5.26 Å². The zero-order chi connectivity index (χ0) is 12.1. The predicted octanol–water partition coefficient (Wildman–Crippen LogP) is 2.81. The fourth-order valence-electron chi connectivity index (χ4n) is 1.27. The van der Waals surface area contributed by atoms with Crippen LogP contribution in [0.15, 0.2) is 35.6 Å². The molecule has 0 bridgehead atoms. The van der Waals surface area contributed by atoms with Gasteiger partial charge in [0.25, 0.3) is 0 Å². The van der Waals surface area contributed by atoms with Crippen LogP contribution in [-0.2, 0) is 11.2 Å². The third-order valence-electron chi connectivity index (χ3n) is 2.01. The van der Waals surface area contributed by atoms with E-state index in [1.54, 1.807) is 30.3 Å². The Bertz CT molecular complexity index is 482. The first-order chi connectivity index (χ1) is 7.54. The maximum absolute atomic E-state index is 11.6. The highest BCUT2D eigenvalue weighted by Crippen LogP contribution is 2.13. The Kier molecular flexibility index (Phi) is 4.10. The molecule has 0 aromatic heterocycles. The fraction of sp³-hybridized carbons (Fsp3) is 0.167. The van der Waals surface area contributed by atoms with Gasteiger partial charge in [-0.25, -0.2) is 0 Å². The molecular weight excluding hydrogens is 226 g/mol. The monoisotopic (exact) mass is 235 g/mol. The third-order valence-corrected chi connectivity index (χ3v) is 2.24. The average molecular weight is 236 g/mol. The summed E-state index contributed by atoms with van der Waals surface area (Å²) < 4.78 is 0. The van der Waals surface area contributed by atoms with Crippen LogP contribution in [0.1, 0.15) is 12.5 Å². The van der Waals surface area contributed by atoms with Crippen LogP contribution < -0.4 is 0 Å². The van der Waals surface area contributed by atoms with Crippen LogP contribution in [0.25, 0.3) is 0 Å². The van der Waals surface area contributed by atoms with Gasteiger partial charge in [-0.1, -0.05) is 23.7 Å². The van der Waals surface area contributed by atoms with Crippen molar-refractivity contribution >= 4 is 17.4 Å². The van der Waals surface area contributed by atoms with Crippen LogP contribution in [0.5, 0.6) is 0 Å². The van der Waals surface area contributed by atoms with E-state index in [1.165, 1.54) is 6.92 Å². The van der Waals surface area contributed by atoms with Crippen molar-refractivity contribution in [3.05, 3.63) is 46.2 Å². The van der Waals surface area contributed by atoms with E-state index >= 15 is 0 Å². The molecule has 0 aliphatic heterocycles. The molecule has 0 unspecified atom stereocenters. The maximum Gasteiger partial charge on any atom is 0.181 e. The molecule has 1 aromatic rings. The van der Waals surface area contributed by atoms with Gasteiger partial charge < -0.3 is 5.11 Å². The molecular formula is C12H10ClNO2. The lowest BCUT2D eigenvalue weighted by atomic mass is 10.0. The molecule has 0 spiro atoms. The zero-order valence-corrected chi connectivity index (χ0v) is 9.45. The lowest BCUT2D eigenvalue weighted by Gasteiger charge is -2.01. The largest absolute Gasteiger partial charge is 0.511 e. The first kappa shape index (κ1) is 12.3. The van der Waals surface area contributed by atoms with Crippen molar-refractivity contribution < 1.29 is 9.90 Å². The molecule has 0 radical (unpaired) electrons. The molecule has 16 heavy (non-hydrogen) atoms. The standard InChI is InChI=1S/C12H10ClNO2/c1-8(15)11(7-14)12(16)6-9-3-2-4-10(13)5-9/h2-5,15H,6H2,1H3. The van der Waals surface area contributed by atoms with E-state index in [0.29, 0.717) is 10.6 Å². The lowest BCUT2D eigenvalue weighted by molar-refractivity contribution is -0.114. The van der Waals surface area contributed by atoms with Gasteiger partial charge >= 0.3 is 0 Å². The number of carbonyl (C=O) groups excluding carboxylic acids is 1. The smallest absolute Gasteiger partial charge is 0.181 e. The average Bonchev–Trinajstić information content (AvgIpc) is 2.17. The zero-order valence-electron chi connectivity index (χ0n) is 8.70. The first-order valence-corrected chi connectivity index (χ1v) is 5.00. The van der Waals surface area contributed by atoms with Crippen LogP contribution in [0, 0.1) is 11.3 Å². The van der Waals surface area contributed by atoms with Gasteiger partial charge in [0, 0.05) is 11.4 Å². The second-order valence-corrected chi connectivity index (χ2v) is 3.74. The number of benzene rings is 1. The summed E-state index contributed by atoms with van der Waals surface area (Å²) in [4.78, 5) is 11.6. The van der Waals surface area contributed by atoms with Gasteiger partial charge in [0.05, 0.1) is 0 Å². The summed E-state index contributed by atoms with van der Waals surface area (Å²) in [6.45, 7) is 1.31. The highest BCUT2D eigenvalue weighted by molar-refractivity contribution is 6.30. The van der Waals surface area contributed by atoms with Crippen molar-refractivity contribution in [2.75, 3.05) is 0 Å². The molecule has 0 amide bonds. The number of aliphatic hydroxyl groups is 1. The van der Waals surface area contributed by atoms with E-state index < -0.39 is 5.78 Å². The maximum atomic E-state index is 11.6. The second-order valence-electron chi connectivity index (χ2n) is 3.30. The predicted molar refractivity (Wildman–Crippen MR) is 61.1 cm³/mol. The van der Waals surface area contributed by atoms with Gasteiger partial charge in [-0.2, -0.15) is 5.26 Å². The van der Waals surface area contributed by atoms with Gasteiger partial charge in [0.15, 0.2) is 5.78 Å². The summed E-state index contributed by atoms with van der Waals surface area (Å²) in [7, 11) is 0. The minimum atomic E-state index is -0.412. The Balaban J connectivity index is 2.88. The number of rotatable bonds is 3. The van der Waals surface area contributed by atoms with Crippen molar-refractivity contribution in [1.82, 2.24) is 0 Å². The van der Waals surface area contributed by atoms with Crippen molar-refractivity contribution in [3.63, 3.8) is 0 Å². The Hall–Kier alpha value is -1.79. The SMILES string of the molecule is CC(O)=C(C#N)C(=O)Cc1cccc(Cl)c1. The van der Waals surface area contributed by atoms with Crippen LogP contribution >= 0.6 is 11.6 Å². The van der Waals surface area contributed by atoms with Crippen LogP contribution in [0.2, 0.25) is 5.02 Å². The van der Waals surface area contributed by atoms with E-state index in [4.69, 9.17) is 22.0 Å². The van der Waals surface area contributed by atoms with Crippen LogP contribution in [-0.4, -0.2) is 10.9 Å². The summed E-state index contributed by atoms with van der Waals surface area (Å²) in [5.74, 6) is -0.667. The first-order valence-electron chi connectivity index (χ1n) is 4.62. The Labute approximate surface area is 98.6 Å². The van der Waals surface area contributed by atoms with Crippen LogP contribution in [0.4, 0.5) is 0 Å². The highest BCUT2D eigenvalue weighted by Gasteiger charge is 2.13. The number of hydrogen-bond acceptors (Lipinski definition) is 3. The summed E-state index contributed by atoms with van der Waals surface area (Å²) >= 11 is 5.77. The normalized spacial score (nSPS) is 11.6. The number of nitriles is 1. The lowest BCUT2D eigenvalue weighted by Crippen LogP contribution is -2.07. The molecule has 3 nitrogen and oxygen atoms in total.